The summed E-state index contributed by atoms with van der Waals surface area (Å²) in [6.07, 6.45) is 1.99. The Morgan fingerprint density at radius 3 is 2.64 bits per heavy atom. The monoisotopic (exact) mass is 456 g/mol. The first-order chi connectivity index (χ1) is 15.7. The first-order valence-electron chi connectivity index (χ1n) is 11.4. The van der Waals surface area contributed by atoms with Crippen molar-refractivity contribution in [2.75, 3.05) is 18.7 Å². The number of hydrogen-bond acceptors (Lipinski definition) is 4. The Morgan fingerprint density at radius 2 is 1.94 bits per heavy atom. The topological polar surface area (TPSA) is 72.7 Å². The maximum atomic E-state index is 15.2. The van der Waals surface area contributed by atoms with Crippen molar-refractivity contribution in [3.05, 3.63) is 53.5 Å². The lowest BCUT2D eigenvalue weighted by Gasteiger charge is -2.22. The van der Waals surface area contributed by atoms with Gasteiger partial charge in [-0.15, -0.1) is 0 Å². The molecule has 2 heterocycles. The second kappa shape index (κ2) is 7.76. The number of carbonyl (C=O) groups excluding carboxylic acids is 1. The molecule has 0 bridgehead atoms. The molecule has 3 aromatic rings. The van der Waals surface area contributed by atoms with Crippen molar-refractivity contribution in [2.45, 2.75) is 57.4 Å². The molecule has 0 saturated heterocycles. The van der Waals surface area contributed by atoms with E-state index in [0.717, 1.165) is 22.2 Å². The molecule has 5 rings (SSSR count). The largest absolute Gasteiger partial charge is 0.454 e. The van der Waals surface area contributed by atoms with Gasteiger partial charge in [0.05, 0.1) is 16.6 Å². The Hall–Kier alpha value is -3.06. The van der Waals surface area contributed by atoms with Crippen LogP contribution in [-0.4, -0.2) is 29.0 Å². The molecule has 0 spiro atoms. The molecule has 178 valence electrons. The fourth-order valence-electron chi connectivity index (χ4n) is 4.68. The number of amides is 1. The second-order valence-electron chi connectivity index (χ2n) is 10.0. The fraction of sp³-hybridized carbons (Fsp3) is 0.423. The van der Waals surface area contributed by atoms with E-state index in [1.807, 2.05) is 24.3 Å². The van der Waals surface area contributed by atoms with Gasteiger partial charge in [-0.25, -0.2) is 4.39 Å². The minimum absolute atomic E-state index is 0. The van der Waals surface area contributed by atoms with Gasteiger partial charge in [0, 0.05) is 38.6 Å². The van der Waals surface area contributed by atoms with Crippen LogP contribution in [0.4, 0.5) is 10.1 Å². The number of nitrogens with one attached hydrogen (secondary N) is 1. The van der Waals surface area contributed by atoms with E-state index in [9.17, 15) is 9.90 Å². The van der Waals surface area contributed by atoms with Crippen molar-refractivity contribution in [1.29, 1.82) is 0 Å². The van der Waals surface area contributed by atoms with E-state index >= 15 is 4.39 Å². The van der Waals surface area contributed by atoms with Crippen LogP contribution in [0.2, 0.25) is 0 Å². The number of carbonyl (C=O) groups is 1. The van der Waals surface area contributed by atoms with Crippen LogP contribution < -0.4 is 14.8 Å². The average molecular weight is 457 g/mol. The summed E-state index contributed by atoms with van der Waals surface area (Å²) >= 11 is 0. The van der Waals surface area contributed by atoms with Gasteiger partial charge in [-0.2, -0.15) is 0 Å². The predicted molar refractivity (Wildman–Crippen MR) is 129 cm³/mol. The molecule has 1 saturated carbocycles. The standard InChI is InChI=1S/C26H29FN2O4.2H2/c1-25(2,3)23-12-16-11-19(18(27)14-20(16)29(23)9-4-10-30)28-24(31)26(7-8-26)17-5-6-21-22(13-17)33-15-32-21;;/h5-6,11-14,30H,4,7-10,15H2,1-3H3,(H,28,31);2*1H. The molecule has 6 nitrogen and oxygen atoms in total. The van der Waals surface area contributed by atoms with Crippen molar-refractivity contribution in [3.63, 3.8) is 0 Å². The lowest BCUT2D eigenvalue weighted by molar-refractivity contribution is -0.118. The van der Waals surface area contributed by atoms with E-state index in [1.54, 1.807) is 6.07 Å². The maximum absolute atomic E-state index is 15.2. The highest BCUT2D eigenvalue weighted by Gasteiger charge is 2.52. The molecular formula is C26H33FN2O4. The quantitative estimate of drug-likeness (QED) is 0.524. The zero-order chi connectivity index (χ0) is 23.4. The van der Waals surface area contributed by atoms with E-state index in [2.05, 4.69) is 30.7 Å². The maximum Gasteiger partial charge on any atom is 0.235 e. The summed E-state index contributed by atoms with van der Waals surface area (Å²) in [5.41, 5.74) is 2.04. The van der Waals surface area contributed by atoms with Crippen molar-refractivity contribution >= 4 is 22.5 Å². The molecule has 2 aliphatic rings. The van der Waals surface area contributed by atoms with Crippen molar-refractivity contribution < 1.29 is 26.6 Å². The molecular weight excluding hydrogens is 423 g/mol. The predicted octanol–water partition coefficient (Wildman–Crippen LogP) is 5.35. The summed E-state index contributed by atoms with van der Waals surface area (Å²) in [5.74, 6) is 0.626. The Balaban J connectivity index is 0.00000171. The number of aryl methyl sites for hydroxylation is 1. The van der Waals surface area contributed by atoms with Crippen molar-refractivity contribution in [3.8, 4) is 11.5 Å². The van der Waals surface area contributed by atoms with Crippen LogP contribution in [0.25, 0.3) is 10.9 Å². The van der Waals surface area contributed by atoms with Crippen molar-refractivity contribution in [2.24, 2.45) is 0 Å². The van der Waals surface area contributed by atoms with Crippen molar-refractivity contribution in [1.82, 2.24) is 4.57 Å². The summed E-state index contributed by atoms with van der Waals surface area (Å²) in [7, 11) is 0. The number of halogens is 1. The average Bonchev–Trinajstić information content (AvgIpc) is 3.31. The highest BCUT2D eigenvalue weighted by molar-refractivity contribution is 6.02. The first kappa shape index (κ1) is 21.8. The Kier molecular flexibility index (Phi) is 5.12. The number of aliphatic hydroxyl groups excluding tert-OH is 1. The van der Waals surface area contributed by atoms with E-state index in [1.165, 1.54) is 6.07 Å². The molecule has 1 aromatic heterocycles. The zero-order valence-corrected chi connectivity index (χ0v) is 19.2. The van der Waals surface area contributed by atoms with Gasteiger partial charge < -0.3 is 24.5 Å². The molecule has 1 aliphatic carbocycles. The van der Waals surface area contributed by atoms with E-state index in [0.29, 0.717) is 37.3 Å². The molecule has 2 aromatic carbocycles. The van der Waals surface area contributed by atoms with Gasteiger partial charge in [-0.1, -0.05) is 26.8 Å². The molecule has 1 fully saturated rings. The van der Waals surface area contributed by atoms with Gasteiger partial charge in [0.25, 0.3) is 0 Å². The van der Waals surface area contributed by atoms with Crippen LogP contribution in [-0.2, 0) is 22.2 Å². The minimum atomic E-state index is -0.675. The van der Waals surface area contributed by atoms with Gasteiger partial charge in [0.2, 0.25) is 12.7 Å². The molecule has 1 aliphatic heterocycles. The summed E-state index contributed by atoms with van der Waals surface area (Å²) in [6, 6.07) is 10.8. The SMILES string of the molecule is CC(C)(C)c1cc2cc(NC(=O)C3(c4ccc5c(c4)OCO5)CC3)c(F)cc2n1CCCO.[HH].[HH]. The minimum Gasteiger partial charge on any atom is -0.454 e. The van der Waals surface area contributed by atoms with Gasteiger partial charge in [-0.3, -0.25) is 4.79 Å². The number of rotatable bonds is 6. The summed E-state index contributed by atoms with van der Waals surface area (Å²) in [4.78, 5) is 13.3. The Bertz CT molecular complexity index is 1250. The van der Waals surface area contributed by atoms with Gasteiger partial charge in [0.15, 0.2) is 11.5 Å². The molecule has 7 heteroatoms. The number of aliphatic hydroxyl groups is 1. The number of benzene rings is 2. The summed E-state index contributed by atoms with van der Waals surface area (Å²) < 4.78 is 28.1. The Morgan fingerprint density at radius 1 is 1.18 bits per heavy atom. The molecule has 0 unspecified atom stereocenters. The van der Waals surface area contributed by atoms with Crippen LogP contribution in [0, 0.1) is 5.82 Å². The highest BCUT2D eigenvalue weighted by atomic mass is 19.1. The number of hydrogen-bond donors (Lipinski definition) is 2. The third-order valence-electron chi connectivity index (χ3n) is 6.66. The van der Waals surface area contributed by atoms with Crippen LogP contribution in [0.15, 0.2) is 36.4 Å². The van der Waals surface area contributed by atoms with E-state index in [-0.39, 0.29) is 33.3 Å². The number of fused-ring (bicyclic) bond motifs is 2. The molecule has 0 atom stereocenters. The zero-order valence-electron chi connectivity index (χ0n) is 19.2. The van der Waals surface area contributed by atoms with Gasteiger partial charge >= 0.3 is 0 Å². The lowest BCUT2D eigenvalue weighted by Crippen LogP contribution is -2.28. The van der Waals surface area contributed by atoms with E-state index < -0.39 is 11.2 Å². The van der Waals surface area contributed by atoms with Crippen LogP contribution >= 0.6 is 0 Å². The van der Waals surface area contributed by atoms with Gasteiger partial charge in [0.1, 0.15) is 5.82 Å². The first-order valence-corrected chi connectivity index (χ1v) is 11.4. The number of aromatic nitrogens is 1. The van der Waals surface area contributed by atoms with Crippen LogP contribution in [0.3, 0.4) is 0 Å². The third kappa shape index (κ3) is 3.74. The summed E-state index contributed by atoms with van der Waals surface area (Å²) in [5, 5.41) is 13.0. The molecule has 1 amide bonds. The highest BCUT2D eigenvalue weighted by Crippen LogP contribution is 2.51. The summed E-state index contributed by atoms with van der Waals surface area (Å²) in [6.45, 7) is 7.18. The smallest absolute Gasteiger partial charge is 0.235 e. The fourth-order valence-corrected chi connectivity index (χ4v) is 4.68. The van der Waals surface area contributed by atoms with E-state index in [4.69, 9.17) is 9.47 Å². The Labute approximate surface area is 195 Å². The number of anilines is 1. The van der Waals surface area contributed by atoms with Crippen LogP contribution in [0.5, 0.6) is 11.5 Å². The molecule has 2 N–H and O–H groups in total. The lowest BCUT2D eigenvalue weighted by atomic mass is 9.92. The number of ether oxygens (including phenoxy) is 2. The molecule has 0 radical (unpaired) electrons. The molecule has 33 heavy (non-hydrogen) atoms. The second-order valence-corrected chi connectivity index (χ2v) is 10.0. The normalized spacial score (nSPS) is 16.3. The number of nitrogens with zero attached hydrogens (tertiary/aromatic N) is 1. The third-order valence-corrected chi connectivity index (χ3v) is 6.66. The van der Waals surface area contributed by atoms with Gasteiger partial charge in [-0.05, 0) is 49.1 Å². The van der Waals surface area contributed by atoms with Crippen LogP contribution in [0.1, 0.15) is 54.1 Å².